The third-order valence-corrected chi connectivity index (χ3v) is 6.42. The number of sulfonamides is 1. The minimum absolute atomic E-state index is 0.0614. The summed E-state index contributed by atoms with van der Waals surface area (Å²) in [7, 11) is -3.86. The van der Waals surface area contributed by atoms with Gasteiger partial charge >= 0.3 is 6.36 Å². The van der Waals surface area contributed by atoms with Gasteiger partial charge in [-0.15, -0.1) is 13.2 Å². The average Bonchev–Trinajstić information content (AvgIpc) is 2.86. The quantitative estimate of drug-likeness (QED) is 0.704. The number of hydrogen-bond acceptors (Lipinski definition) is 3. The fraction of sp³-hybridized carbons (Fsp3) is 0.400. The molecule has 0 bridgehead atoms. The van der Waals surface area contributed by atoms with E-state index >= 15 is 0 Å². The molecule has 0 radical (unpaired) electrons. The third kappa shape index (κ3) is 5.48. The molecule has 1 saturated carbocycles. The topological polar surface area (TPSA) is 55.4 Å². The summed E-state index contributed by atoms with van der Waals surface area (Å²) in [6.45, 7) is 0. The predicted molar refractivity (Wildman–Crippen MR) is 99.5 cm³/mol. The Morgan fingerprint density at radius 2 is 1.54 bits per heavy atom. The Hall–Kier alpha value is -2.06. The Bertz CT molecular complexity index is 868. The molecule has 0 amide bonds. The second-order valence-electron chi connectivity index (χ2n) is 6.90. The lowest BCUT2D eigenvalue weighted by Gasteiger charge is -2.26. The summed E-state index contributed by atoms with van der Waals surface area (Å²) >= 11 is 0. The second-order valence-corrected chi connectivity index (χ2v) is 8.62. The number of hydrogen-bond donors (Lipinski definition) is 1. The summed E-state index contributed by atoms with van der Waals surface area (Å²) in [6, 6.07) is 13.8. The van der Waals surface area contributed by atoms with Crippen molar-refractivity contribution in [2.24, 2.45) is 0 Å². The summed E-state index contributed by atoms with van der Waals surface area (Å²) in [5.74, 6) is -0.394. The zero-order valence-electron chi connectivity index (χ0n) is 15.2. The van der Waals surface area contributed by atoms with Gasteiger partial charge in [0.15, 0.2) is 0 Å². The number of benzene rings is 2. The van der Waals surface area contributed by atoms with Crippen molar-refractivity contribution >= 4 is 10.0 Å². The van der Waals surface area contributed by atoms with Gasteiger partial charge in [-0.25, -0.2) is 13.1 Å². The molecule has 2 aromatic carbocycles. The number of nitrogens with one attached hydrogen (secondary N) is 1. The highest BCUT2D eigenvalue weighted by Crippen LogP contribution is 2.33. The van der Waals surface area contributed by atoms with Gasteiger partial charge in [-0.05, 0) is 42.7 Å². The van der Waals surface area contributed by atoms with Crippen LogP contribution in [0.4, 0.5) is 13.2 Å². The molecule has 0 saturated heterocycles. The summed E-state index contributed by atoms with van der Waals surface area (Å²) in [5.41, 5.74) is 1.09. The Morgan fingerprint density at radius 1 is 0.893 bits per heavy atom. The molecule has 0 spiro atoms. The van der Waals surface area contributed by atoms with E-state index in [0.717, 1.165) is 55.5 Å². The van der Waals surface area contributed by atoms with Crippen molar-refractivity contribution in [1.82, 2.24) is 4.72 Å². The lowest BCUT2D eigenvalue weighted by molar-refractivity contribution is -0.274. The Labute approximate surface area is 162 Å². The Balaban J connectivity index is 1.79. The van der Waals surface area contributed by atoms with E-state index in [-0.39, 0.29) is 16.9 Å². The highest BCUT2D eigenvalue weighted by atomic mass is 32.2. The summed E-state index contributed by atoms with van der Waals surface area (Å²) < 4.78 is 69.0. The molecule has 152 valence electrons. The normalized spacial score (nSPS) is 21.1. The molecule has 28 heavy (non-hydrogen) atoms. The van der Waals surface area contributed by atoms with Gasteiger partial charge in [-0.3, -0.25) is 0 Å². The molecule has 1 N–H and O–H groups in total. The SMILES string of the molecule is O=S(=O)(N[C@@H]1CCCCC[C@H]1c1ccccc1)c1ccc(OC(F)(F)F)cc1. The van der Waals surface area contributed by atoms with Gasteiger partial charge in [0.2, 0.25) is 10.0 Å². The van der Waals surface area contributed by atoms with E-state index in [1.54, 1.807) is 0 Å². The average molecular weight is 413 g/mol. The standard InChI is InChI=1S/C20H22F3NO3S/c21-20(22,23)27-16-11-13-17(14-12-16)28(25,26)24-19-10-6-2-5-9-18(19)15-7-3-1-4-8-15/h1,3-4,7-8,11-14,18-19,24H,2,5-6,9-10H2/t18-,19+/m0/s1. The van der Waals surface area contributed by atoms with E-state index in [2.05, 4.69) is 9.46 Å². The van der Waals surface area contributed by atoms with Crippen LogP contribution in [0.15, 0.2) is 59.5 Å². The van der Waals surface area contributed by atoms with Crippen molar-refractivity contribution in [3.05, 3.63) is 60.2 Å². The van der Waals surface area contributed by atoms with Crippen LogP contribution >= 0.6 is 0 Å². The minimum Gasteiger partial charge on any atom is -0.406 e. The highest BCUT2D eigenvalue weighted by molar-refractivity contribution is 7.89. The van der Waals surface area contributed by atoms with Gasteiger partial charge in [0.05, 0.1) is 4.90 Å². The number of halogens is 3. The minimum atomic E-state index is -4.82. The molecule has 3 rings (SSSR count). The monoisotopic (exact) mass is 413 g/mol. The number of ether oxygens (including phenoxy) is 1. The molecule has 4 nitrogen and oxygen atoms in total. The van der Waals surface area contributed by atoms with Gasteiger partial charge in [-0.2, -0.15) is 0 Å². The van der Waals surface area contributed by atoms with Crippen molar-refractivity contribution in [2.75, 3.05) is 0 Å². The van der Waals surface area contributed by atoms with Gasteiger partial charge in [0.1, 0.15) is 5.75 Å². The molecule has 1 aliphatic rings. The van der Waals surface area contributed by atoms with E-state index in [0.29, 0.717) is 6.42 Å². The molecule has 2 atom stereocenters. The van der Waals surface area contributed by atoms with Gasteiger partial charge in [-0.1, -0.05) is 49.6 Å². The fourth-order valence-corrected chi connectivity index (χ4v) is 4.95. The van der Waals surface area contributed by atoms with Crippen LogP contribution in [0.25, 0.3) is 0 Å². The molecular weight excluding hydrogens is 391 g/mol. The lowest BCUT2D eigenvalue weighted by Crippen LogP contribution is -2.38. The number of rotatable bonds is 5. The molecule has 1 fully saturated rings. The van der Waals surface area contributed by atoms with Crippen LogP contribution in [0.1, 0.15) is 43.6 Å². The summed E-state index contributed by atoms with van der Waals surface area (Å²) in [5, 5.41) is 0. The molecule has 1 aliphatic carbocycles. The Kier molecular flexibility index (Phi) is 6.30. The maximum Gasteiger partial charge on any atom is 0.573 e. The van der Waals surface area contributed by atoms with Crippen molar-refractivity contribution in [1.29, 1.82) is 0 Å². The van der Waals surface area contributed by atoms with Crippen LogP contribution < -0.4 is 9.46 Å². The molecule has 0 heterocycles. The van der Waals surface area contributed by atoms with E-state index < -0.39 is 22.1 Å². The second kappa shape index (κ2) is 8.53. The van der Waals surface area contributed by atoms with Crippen molar-refractivity contribution < 1.29 is 26.3 Å². The lowest BCUT2D eigenvalue weighted by atomic mass is 9.88. The first-order valence-corrected chi connectivity index (χ1v) is 10.7. The highest BCUT2D eigenvalue weighted by Gasteiger charge is 2.32. The van der Waals surface area contributed by atoms with Crippen LogP contribution in [0, 0.1) is 0 Å². The van der Waals surface area contributed by atoms with E-state index in [1.807, 2.05) is 30.3 Å². The van der Waals surface area contributed by atoms with Crippen LogP contribution in [-0.4, -0.2) is 20.8 Å². The molecule has 0 aromatic heterocycles. The fourth-order valence-electron chi connectivity index (χ4n) is 3.64. The molecule has 0 unspecified atom stereocenters. The molecular formula is C20H22F3NO3S. The smallest absolute Gasteiger partial charge is 0.406 e. The van der Waals surface area contributed by atoms with Crippen molar-refractivity contribution in [3.8, 4) is 5.75 Å². The summed E-state index contributed by atoms with van der Waals surface area (Å²) in [6.07, 6.45) is -0.216. The van der Waals surface area contributed by atoms with E-state index in [4.69, 9.17) is 0 Å². The molecule has 0 aliphatic heterocycles. The van der Waals surface area contributed by atoms with E-state index in [9.17, 15) is 21.6 Å². The van der Waals surface area contributed by atoms with Crippen LogP contribution in [0.3, 0.4) is 0 Å². The Morgan fingerprint density at radius 3 is 2.18 bits per heavy atom. The van der Waals surface area contributed by atoms with Crippen molar-refractivity contribution in [3.63, 3.8) is 0 Å². The zero-order valence-corrected chi connectivity index (χ0v) is 16.0. The first-order valence-electron chi connectivity index (χ1n) is 9.18. The van der Waals surface area contributed by atoms with Crippen LogP contribution in [0.5, 0.6) is 5.75 Å². The maximum atomic E-state index is 12.8. The predicted octanol–water partition coefficient (Wildman–Crippen LogP) is 4.98. The van der Waals surface area contributed by atoms with Crippen LogP contribution in [-0.2, 0) is 10.0 Å². The summed E-state index contributed by atoms with van der Waals surface area (Å²) in [4.78, 5) is -0.0851. The molecule has 2 aromatic rings. The van der Waals surface area contributed by atoms with Crippen LogP contribution in [0.2, 0.25) is 0 Å². The zero-order chi connectivity index (χ0) is 20.2. The maximum absolute atomic E-state index is 12.8. The largest absolute Gasteiger partial charge is 0.573 e. The first-order chi connectivity index (χ1) is 13.2. The first kappa shape index (κ1) is 20.7. The number of alkyl halides is 3. The van der Waals surface area contributed by atoms with Gasteiger partial charge in [0, 0.05) is 12.0 Å². The molecule has 8 heteroatoms. The van der Waals surface area contributed by atoms with Crippen molar-refractivity contribution in [2.45, 2.75) is 55.3 Å². The van der Waals surface area contributed by atoms with Gasteiger partial charge < -0.3 is 4.74 Å². The van der Waals surface area contributed by atoms with E-state index in [1.165, 1.54) is 0 Å². The third-order valence-electron chi connectivity index (χ3n) is 4.92. The van der Waals surface area contributed by atoms with Gasteiger partial charge in [0.25, 0.3) is 0 Å².